The van der Waals surface area contributed by atoms with E-state index in [-0.39, 0.29) is 5.48 Å². The summed E-state index contributed by atoms with van der Waals surface area (Å²) in [6.45, 7) is 1.38. The third kappa shape index (κ3) is 33.2. The summed E-state index contributed by atoms with van der Waals surface area (Å²) in [6, 6.07) is 0. The van der Waals surface area contributed by atoms with Crippen LogP contribution in [0.3, 0.4) is 0 Å². The van der Waals surface area contributed by atoms with Gasteiger partial charge in [0.25, 0.3) is 0 Å². The molecule has 4 nitrogen and oxygen atoms in total. The lowest BCUT2D eigenvalue weighted by Crippen LogP contribution is -1.96. The summed E-state index contributed by atoms with van der Waals surface area (Å²) in [7, 11) is 4.30. The molecule has 0 aliphatic carbocycles. The van der Waals surface area contributed by atoms with Crippen molar-refractivity contribution in [1.82, 2.24) is 0 Å². The van der Waals surface area contributed by atoms with E-state index in [2.05, 4.69) is 9.47 Å². The molecule has 0 aromatic carbocycles. The summed E-state index contributed by atoms with van der Waals surface area (Å²) in [4.78, 5) is 0. The molecule has 0 atom stereocenters. The van der Waals surface area contributed by atoms with Crippen molar-refractivity contribution < 1.29 is 20.1 Å². The maximum absolute atomic E-state index is 7.00. The van der Waals surface area contributed by atoms with Crippen molar-refractivity contribution in [3.8, 4) is 0 Å². The first-order chi connectivity index (χ1) is 3.91. The average molecular weight is 140 g/mol. The summed E-state index contributed by atoms with van der Waals surface area (Å²) in [5.41, 5.74) is 0. The molecule has 0 spiro atoms. The topological polar surface area (TPSA) is 70.2 Å². The first kappa shape index (κ1) is 15.9. The number of aliphatic hydroxyl groups is 1. The lowest BCUT2D eigenvalue weighted by molar-refractivity contribution is 0.103. The van der Waals surface area contributed by atoms with E-state index in [0.29, 0.717) is 13.2 Å². The quantitative estimate of drug-likeness (QED) is 0.514. The largest absolute Gasteiger partial charge is 0.412 e. The van der Waals surface area contributed by atoms with Crippen LogP contribution >= 0.6 is 0 Å². The number of rotatable bonds is 3. The van der Waals surface area contributed by atoms with Crippen molar-refractivity contribution in [1.29, 1.82) is 0 Å². The molecule has 0 aromatic rings. The van der Waals surface area contributed by atoms with Gasteiger partial charge in [-0.1, -0.05) is 0 Å². The molecular weight excluding hydrogens is 124 g/mol. The van der Waals surface area contributed by atoms with E-state index in [9.17, 15) is 0 Å². The second kappa shape index (κ2) is 24.9. The maximum Gasteiger partial charge on any atom is 0.0696 e. The minimum Gasteiger partial charge on any atom is -0.412 e. The molecule has 0 aliphatic rings. The van der Waals surface area contributed by atoms with Crippen molar-refractivity contribution in [3.63, 3.8) is 0 Å². The Morgan fingerprint density at radius 2 is 1.22 bits per heavy atom. The van der Waals surface area contributed by atoms with E-state index < -0.39 is 0 Å². The van der Waals surface area contributed by atoms with E-state index in [1.54, 1.807) is 14.2 Å². The van der Waals surface area contributed by atoms with Crippen LogP contribution in [0, 0.1) is 0 Å². The minimum atomic E-state index is 0. The predicted molar refractivity (Wildman–Crippen MR) is 35.5 cm³/mol. The van der Waals surface area contributed by atoms with Crippen LogP contribution in [0.1, 0.15) is 0 Å². The number of hydrogen-bond acceptors (Lipinski definition) is 3. The highest BCUT2D eigenvalue weighted by molar-refractivity contribution is 4.17. The molecule has 3 N–H and O–H groups in total. The van der Waals surface area contributed by atoms with Gasteiger partial charge in [0.15, 0.2) is 0 Å². The Morgan fingerprint density at radius 1 is 1.00 bits per heavy atom. The zero-order chi connectivity index (χ0) is 6.83. The Kier molecular flexibility index (Phi) is 44.0. The number of aliphatic hydroxyl groups excluding tert-OH is 1. The highest BCUT2D eigenvalue weighted by atomic mass is 16.5. The van der Waals surface area contributed by atoms with Gasteiger partial charge in [-0.3, -0.25) is 0 Å². The molecule has 0 radical (unpaired) electrons. The Balaban J connectivity index is -0.000000109. The Bertz CT molecular complexity index is 20.9. The fourth-order valence-electron chi connectivity index (χ4n) is 0.167. The van der Waals surface area contributed by atoms with Crippen molar-refractivity contribution in [2.75, 3.05) is 34.5 Å². The SMILES string of the molecule is CO.COCCOC.O. The normalized spacial score (nSPS) is 6.67. The van der Waals surface area contributed by atoms with Crippen molar-refractivity contribution in [3.05, 3.63) is 0 Å². The molecule has 4 heteroatoms. The van der Waals surface area contributed by atoms with E-state index in [4.69, 9.17) is 5.11 Å². The fourth-order valence-corrected chi connectivity index (χ4v) is 0.167. The van der Waals surface area contributed by atoms with Gasteiger partial charge < -0.3 is 20.1 Å². The van der Waals surface area contributed by atoms with Crippen molar-refractivity contribution in [2.45, 2.75) is 0 Å². The van der Waals surface area contributed by atoms with Crippen LogP contribution in [0.2, 0.25) is 0 Å². The van der Waals surface area contributed by atoms with Crippen LogP contribution in [-0.2, 0) is 9.47 Å². The van der Waals surface area contributed by atoms with Gasteiger partial charge >= 0.3 is 0 Å². The molecular formula is C5H16O4. The van der Waals surface area contributed by atoms with Gasteiger partial charge in [0.2, 0.25) is 0 Å². The second-order valence-corrected chi connectivity index (χ2v) is 0.986. The van der Waals surface area contributed by atoms with Crippen molar-refractivity contribution >= 4 is 0 Å². The lowest BCUT2D eigenvalue weighted by atomic mass is 10.8. The van der Waals surface area contributed by atoms with Gasteiger partial charge in [-0.05, 0) is 0 Å². The van der Waals surface area contributed by atoms with Crippen LogP contribution in [0.5, 0.6) is 0 Å². The third-order valence-electron chi connectivity index (χ3n) is 0.492. The summed E-state index contributed by atoms with van der Waals surface area (Å²) in [5.74, 6) is 0. The van der Waals surface area contributed by atoms with Gasteiger partial charge in [-0.15, -0.1) is 0 Å². The van der Waals surface area contributed by atoms with E-state index in [1.807, 2.05) is 0 Å². The van der Waals surface area contributed by atoms with Gasteiger partial charge in [-0.2, -0.15) is 0 Å². The summed E-state index contributed by atoms with van der Waals surface area (Å²) in [6.07, 6.45) is 0. The van der Waals surface area contributed by atoms with E-state index in [0.717, 1.165) is 7.11 Å². The smallest absolute Gasteiger partial charge is 0.0696 e. The molecule has 0 unspecified atom stereocenters. The third-order valence-corrected chi connectivity index (χ3v) is 0.492. The van der Waals surface area contributed by atoms with Crippen molar-refractivity contribution in [2.24, 2.45) is 0 Å². The molecule has 9 heavy (non-hydrogen) atoms. The summed E-state index contributed by atoms with van der Waals surface area (Å²) < 4.78 is 9.31. The van der Waals surface area contributed by atoms with Crippen LogP contribution in [0.25, 0.3) is 0 Å². The van der Waals surface area contributed by atoms with Gasteiger partial charge in [0.1, 0.15) is 0 Å². The van der Waals surface area contributed by atoms with E-state index >= 15 is 0 Å². The monoisotopic (exact) mass is 140 g/mol. The molecule has 0 aromatic heterocycles. The van der Waals surface area contributed by atoms with E-state index in [1.165, 1.54) is 0 Å². The Hall–Kier alpha value is -0.160. The zero-order valence-corrected chi connectivity index (χ0v) is 6.18. The van der Waals surface area contributed by atoms with Crippen LogP contribution in [-0.4, -0.2) is 45.1 Å². The number of methoxy groups -OCH3 is 2. The molecule has 0 aliphatic heterocycles. The Morgan fingerprint density at radius 3 is 1.33 bits per heavy atom. The van der Waals surface area contributed by atoms with Crippen LogP contribution in [0.4, 0.5) is 0 Å². The first-order valence-corrected chi connectivity index (χ1v) is 2.34. The predicted octanol–water partition coefficient (Wildman–Crippen LogP) is -0.937. The molecule has 0 saturated heterocycles. The van der Waals surface area contributed by atoms with Crippen LogP contribution < -0.4 is 0 Å². The molecule has 0 saturated carbocycles. The second-order valence-electron chi connectivity index (χ2n) is 0.986. The van der Waals surface area contributed by atoms with Gasteiger partial charge in [0.05, 0.1) is 13.2 Å². The summed E-state index contributed by atoms with van der Waals surface area (Å²) in [5, 5.41) is 7.00. The van der Waals surface area contributed by atoms with Gasteiger partial charge in [0, 0.05) is 21.3 Å². The average Bonchev–Trinajstić information content (AvgIpc) is 1.88. The van der Waals surface area contributed by atoms with Crippen LogP contribution in [0.15, 0.2) is 0 Å². The first-order valence-electron chi connectivity index (χ1n) is 2.34. The standard InChI is InChI=1S/C4H10O2.CH4O.H2O/c1-5-3-4-6-2;1-2;/h3-4H2,1-2H3;2H,1H3;1H2. The zero-order valence-electron chi connectivity index (χ0n) is 6.18. The Labute approximate surface area is 55.7 Å². The molecule has 0 rings (SSSR count). The highest BCUT2D eigenvalue weighted by Gasteiger charge is 1.73. The number of hydrogen-bond donors (Lipinski definition) is 1. The molecule has 0 fully saturated rings. The molecule has 60 valence electrons. The minimum absolute atomic E-state index is 0. The van der Waals surface area contributed by atoms with Gasteiger partial charge in [-0.25, -0.2) is 0 Å². The molecule has 0 bridgehead atoms. The number of ether oxygens (including phenoxy) is 2. The fraction of sp³-hybridized carbons (Fsp3) is 1.00. The lowest BCUT2D eigenvalue weighted by Gasteiger charge is -1.91. The molecule has 0 amide bonds. The highest BCUT2D eigenvalue weighted by Crippen LogP contribution is 1.65. The maximum atomic E-state index is 7.00. The molecule has 0 heterocycles. The summed E-state index contributed by atoms with van der Waals surface area (Å²) >= 11 is 0.